The Hall–Kier alpha value is -1.02. The smallest absolute Gasteiger partial charge is 0.214 e. The molecule has 2 N–H and O–H groups in total. The zero-order valence-corrected chi connectivity index (χ0v) is 16.6. The quantitative estimate of drug-likeness (QED) is 0.413. The van der Waals surface area contributed by atoms with Gasteiger partial charge in [0.2, 0.25) is 10.0 Å². The Balaban J connectivity index is 1.66. The van der Waals surface area contributed by atoms with Gasteiger partial charge in [-0.25, -0.2) is 12.7 Å². The van der Waals surface area contributed by atoms with Crippen molar-refractivity contribution < 1.29 is 8.42 Å². The van der Waals surface area contributed by atoms with Crippen molar-refractivity contribution in [3.63, 3.8) is 0 Å². The lowest BCUT2D eigenvalue weighted by Crippen LogP contribution is -2.42. The molecule has 1 aromatic rings. The minimum atomic E-state index is -3.04. The van der Waals surface area contributed by atoms with E-state index in [-0.39, 0.29) is 5.75 Å². The molecule has 140 valence electrons. The molecule has 6 nitrogen and oxygen atoms in total. The largest absolute Gasteiger partial charge is 0.356 e. The van der Waals surface area contributed by atoms with E-state index in [2.05, 4.69) is 15.6 Å². The zero-order chi connectivity index (χ0) is 18.3. The summed E-state index contributed by atoms with van der Waals surface area (Å²) in [6.07, 6.45) is 2.44. The average Bonchev–Trinajstić information content (AvgIpc) is 2.90. The van der Waals surface area contributed by atoms with Crippen molar-refractivity contribution in [2.24, 2.45) is 4.99 Å². The van der Waals surface area contributed by atoms with Crippen LogP contribution in [0.5, 0.6) is 0 Å². The molecule has 0 aliphatic carbocycles. The van der Waals surface area contributed by atoms with E-state index in [1.54, 1.807) is 13.1 Å². The molecule has 1 heterocycles. The van der Waals surface area contributed by atoms with Crippen molar-refractivity contribution in [2.75, 3.05) is 39.0 Å². The lowest BCUT2D eigenvalue weighted by molar-refractivity contribution is 0.445. The van der Waals surface area contributed by atoms with Crippen molar-refractivity contribution >= 4 is 39.2 Å². The normalized spacial score (nSPS) is 17.6. The molecule has 0 radical (unpaired) electrons. The van der Waals surface area contributed by atoms with Crippen molar-refractivity contribution in [3.8, 4) is 0 Å². The van der Waals surface area contributed by atoms with E-state index in [0.29, 0.717) is 42.1 Å². The van der Waals surface area contributed by atoms with Gasteiger partial charge in [-0.15, -0.1) is 0 Å². The second-order valence-corrected chi connectivity index (χ2v) is 8.77. The Kier molecular flexibility index (Phi) is 7.81. The number of benzene rings is 1. The van der Waals surface area contributed by atoms with Crippen molar-refractivity contribution in [1.29, 1.82) is 0 Å². The first kappa shape index (κ1) is 20.3. The fourth-order valence-corrected chi connectivity index (χ4v) is 4.70. The number of sulfonamides is 1. The number of guanidine groups is 1. The zero-order valence-electron chi connectivity index (χ0n) is 14.3. The summed E-state index contributed by atoms with van der Waals surface area (Å²) in [5.41, 5.74) is 1.06. The van der Waals surface area contributed by atoms with Gasteiger partial charge in [0.1, 0.15) is 0 Å². The Bertz CT molecular complexity index is 710. The van der Waals surface area contributed by atoms with Crippen LogP contribution in [0.3, 0.4) is 0 Å². The van der Waals surface area contributed by atoms with Gasteiger partial charge in [-0.3, -0.25) is 4.99 Å². The number of nitrogens with zero attached hydrogens (tertiary/aromatic N) is 2. The Morgan fingerprint density at radius 1 is 1.28 bits per heavy atom. The minimum Gasteiger partial charge on any atom is -0.356 e. The first-order valence-electron chi connectivity index (χ1n) is 8.28. The van der Waals surface area contributed by atoms with E-state index in [4.69, 9.17) is 23.2 Å². The van der Waals surface area contributed by atoms with Crippen LogP contribution >= 0.6 is 23.2 Å². The number of aliphatic imine (C=N–C) groups is 1. The number of halogens is 2. The minimum absolute atomic E-state index is 0.257. The third-order valence-electron chi connectivity index (χ3n) is 4.01. The molecule has 1 fully saturated rings. The van der Waals surface area contributed by atoms with Gasteiger partial charge in [0.25, 0.3) is 0 Å². The van der Waals surface area contributed by atoms with Gasteiger partial charge in [-0.1, -0.05) is 29.3 Å². The Morgan fingerprint density at radius 2 is 2.04 bits per heavy atom. The summed E-state index contributed by atoms with van der Waals surface area (Å²) in [4.78, 5) is 4.15. The maximum absolute atomic E-state index is 11.7. The van der Waals surface area contributed by atoms with E-state index >= 15 is 0 Å². The highest BCUT2D eigenvalue weighted by molar-refractivity contribution is 7.89. The van der Waals surface area contributed by atoms with Crippen molar-refractivity contribution in [3.05, 3.63) is 33.8 Å². The highest BCUT2D eigenvalue weighted by atomic mass is 35.5. The SMILES string of the molecule is CN=C(NCCCc1ccc(Cl)cc1Cl)NCCN1CCCS1(=O)=O. The second kappa shape index (κ2) is 9.62. The molecule has 0 aromatic heterocycles. The van der Waals surface area contributed by atoms with Crippen LogP contribution in [0.1, 0.15) is 18.4 Å². The molecule has 0 spiro atoms. The summed E-state index contributed by atoms with van der Waals surface area (Å²) in [6, 6.07) is 5.52. The van der Waals surface area contributed by atoms with Crippen LogP contribution in [-0.4, -0.2) is 57.7 Å². The summed E-state index contributed by atoms with van der Waals surface area (Å²) >= 11 is 12.0. The molecule has 1 aromatic carbocycles. The topological polar surface area (TPSA) is 73.8 Å². The van der Waals surface area contributed by atoms with Gasteiger partial charge in [0.15, 0.2) is 5.96 Å². The summed E-state index contributed by atoms with van der Waals surface area (Å²) in [5, 5.41) is 7.68. The molecule has 0 unspecified atom stereocenters. The number of nitrogens with one attached hydrogen (secondary N) is 2. The van der Waals surface area contributed by atoms with Gasteiger partial charge in [-0.05, 0) is 37.0 Å². The second-order valence-electron chi connectivity index (χ2n) is 5.83. The van der Waals surface area contributed by atoms with Gasteiger partial charge >= 0.3 is 0 Å². The molecule has 1 saturated heterocycles. The number of aryl methyl sites for hydroxylation is 1. The molecule has 25 heavy (non-hydrogen) atoms. The molecule has 9 heteroatoms. The van der Waals surface area contributed by atoms with Gasteiger partial charge in [0, 0.05) is 43.3 Å². The molecule has 1 aliphatic rings. The van der Waals surface area contributed by atoms with Crippen LogP contribution < -0.4 is 10.6 Å². The molecule has 0 saturated carbocycles. The summed E-state index contributed by atoms with van der Waals surface area (Å²) in [6.45, 7) is 2.34. The molecule has 1 aliphatic heterocycles. The van der Waals surface area contributed by atoms with Crippen molar-refractivity contribution in [2.45, 2.75) is 19.3 Å². The fourth-order valence-electron chi connectivity index (χ4n) is 2.67. The Morgan fingerprint density at radius 3 is 2.68 bits per heavy atom. The first-order chi connectivity index (χ1) is 11.9. The van der Waals surface area contributed by atoms with Crippen LogP contribution in [0.4, 0.5) is 0 Å². The van der Waals surface area contributed by atoms with Crippen LogP contribution in [0, 0.1) is 0 Å². The molecule has 0 amide bonds. The molecular weight excluding hydrogens is 383 g/mol. The highest BCUT2D eigenvalue weighted by Crippen LogP contribution is 2.21. The predicted octanol–water partition coefficient (Wildman–Crippen LogP) is 2.13. The van der Waals surface area contributed by atoms with E-state index in [9.17, 15) is 8.42 Å². The lowest BCUT2D eigenvalue weighted by atomic mass is 10.1. The standard InChI is InChI=1S/C16H24Cl2N4O2S/c1-19-16(21-8-10-22-9-3-11-25(22,23)24)20-7-2-4-13-5-6-14(17)12-15(13)18/h5-6,12H,2-4,7-11H2,1H3,(H2,19,20,21). The number of rotatable bonds is 7. The predicted molar refractivity (Wildman–Crippen MR) is 104 cm³/mol. The van der Waals surface area contributed by atoms with E-state index in [1.165, 1.54) is 4.31 Å². The van der Waals surface area contributed by atoms with Crippen LogP contribution in [0.2, 0.25) is 10.0 Å². The van der Waals surface area contributed by atoms with E-state index in [0.717, 1.165) is 24.9 Å². The summed E-state index contributed by atoms with van der Waals surface area (Å²) in [5.74, 6) is 0.923. The van der Waals surface area contributed by atoms with E-state index < -0.39 is 10.0 Å². The molecule has 0 bridgehead atoms. The maximum atomic E-state index is 11.7. The highest BCUT2D eigenvalue weighted by Gasteiger charge is 2.27. The Labute approximate surface area is 159 Å². The van der Waals surface area contributed by atoms with Crippen LogP contribution in [0.15, 0.2) is 23.2 Å². The lowest BCUT2D eigenvalue weighted by Gasteiger charge is -2.16. The van der Waals surface area contributed by atoms with Crippen LogP contribution in [0.25, 0.3) is 0 Å². The molecule has 2 rings (SSSR count). The van der Waals surface area contributed by atoms with E-state index in [1.807, 2.05) is 12.1 Å². The van der Waals surface area contributed by atoms with Gasteiger partial charge < -0.3 is 10.6 Å². The van der Waals surface area contributed by atoms with Gasteiger partial charge in [0.05, 0.1) is 5.75 Å². The van der Waals surface area contributed by atoms with Gasteiger partial charge in [-0.2, -0.15) is 0 Å². The van der Waals surface area contributed by atoms with Crippen molar-refractivity contribution in [1.82, 2.24) is 14.9 Å². The van der Waals surface area contributed by atoms with Crippen LogP contribution in [-0.2, 0) is 16.4 Å². The molecular formula is C16H24Cl2N4O2S. The monoisotopic (exact) mass is 406 g/mol. The number of hydrogen-bond acceptors (Lipinski definition) is 3. The average molecular weight is 407 g/mol. The molecule has 0 atom stereocenters. The maximum Gasteiger partial charge on any atom is 0.214 e. The fraction of sp³-hybridized carbons (Fsp3) is 0.562. The third-order valence-corrected chi connectivity index (χ3v) is 6.55. The summed E-state index contributed by atoms with van der Waals surface area (Å²) in [7, 11) is -1.35. The third kappa shape index (κ3) is 6.33. The first-order valence-corrected chi connectivity index (χ1v) is 10.6. The number of hydrogen-bond donors (Lipinski definition) is 2. The summed E-state index contributed by atoms with van der Waals surface area (Å²) < 4.78 is 25.0.